The fourth-order valence-corrected chi connectivity index (χ4v) is 6.28. The fraction of sp³-hybridized carbons (Fsp3) is 0.973. The Morgan fingerprint density at radius 3 is 1.54 bits per heavy atom. The molecule has 0 spiro atoms. The van der Waals surface area contributed by atoms with Crippen LogP contribution in [0, 0.1) is 0 Å². The van der Waals surface area contributed by atoms with Crippen molar-refractivity contribution < 1.29 is 39.8 Å². The first kappa shape index (κ1) is 43.2. The normalized spacial score (nSPS) is 23.0. The van der Waals surface area contributed by atoms with Crippen LogP contribution in [0.25, 0.3) is 0 Å². The summed E-state index contributed by atoms with van der Waals surface area (Å²) in [7, 11) is 0. The first-order valence-corrected chi connectivity index (χ1v) is 19.2. The molecule has 6 N–H and O–H groups in total. The monoisotopic (exact) mass is 660 g/mol. The maximum atomic E-state index is 12.8. The largest absolute Gasteiger partial charge is 0.394 e. The third kappa shape index (κ3) is 20.5. The van der Waals surface area contributed by atoms with Gasteiger partial charge in [-0.05, 0) is 12.8 Å². The van der Waals surface area contributed by atoms with E-state index in [0.717, 1.165) is 38.5 Å². The van der Waals surface area contributed by atoms with Crippen molar-refractivity contribution in [1.82, 2.24) is 5.32 Å². The average Bonchev–Trinajstić information content (AvgIpc) is 3.05. The lowest BCUT2D eigenvalue weighted by molar-refractivity contribution is -0.302. The maximum Gasteiger partial charge on any atom is 0.220 e. The lowest BCUT2D eigenvalue weighted by atomic mass is 9.99. The summed E-state index contributed by atoms with van der Waals surface area (Å²) in [6, 6.07) is -0.708. The summed E-state index contributed by atoms with van der Waals surface area (Å²) in [5, 5.41) is 54.0. The van der Waals surface area contributed by atoms with Gasteiger partial charge in [-0.1, -0.05) is 155 Å². The smallest absolute Gasteiger partial charge is 0.220 e. The van der Waals surface area contributed by atoms with Crippen molar-refractivity contribution in [3.8, 4) is 0 Å². The van der Waals surface area contributed by atoms with Crippen LogP contribution < -0.4 is 5.32 Å². The van der Waals surface area contributed by atoms with Crippen molar-refractivity contribution in [1.29, 1.82) is 0 Å². The molecule has 1 amide bonds. The quantitative estimate of drug-likeness (QED) is 0.0466. The Balaban J connectivity index is 2.42. The van der Waals surface area contributed by atoms with Crippen LogP contribution >= 0.6 is 0 Å². The maximum absolute atomic E-state index is 12.8. The highest BCUT2D eigenvalue weighted by Crippen LogP contribution is 2.23. The Hall–Kier alpha value is -0.810. The minimum absolute atomic E-state index is 0.133. The molecule has 0 aliphatic carbocycles. The number of aliphatic hydroxyl groups is 5. The van der Waals surface area contributed by atoms with Crippen LogP contribution in [-0.2, 0) is 14.3 Å². The second-order valence-electron chi connectivity index (χ2n) is 13.7. The predicted molar refractivity (Wildman–Crippen MR) is 184 cm³/mol. The minimum Gasteiger partial charge on any atom is -0.394 e. The van der Waals surface area contributed by atoms with Crippen molar-refractivity contribution in [3.05, 3.63) is 0 Å². The molecule has 0 saturated carbocycles. The van der Waals surface area contributed by atoms with Gasteiger partial charge in [0.2, 0.25) is 5.91 Å². The summed E-state index contributed by atoms with van der Waals surface area (Å²) in [5.74, 6) is -0.147. The number of nitrogens with one attached hydrogen (secondary N) is 1. The fourth-order valence-electron chi connectivity index (χ4n) is 6.28. The van der Waals surface area contributed by atoms with E-state index >= 15 is 0 Å². The summed E-state index contributed by atoms with van der Waals surface area (Å²) in [4.78, 5) is 12.8. The van der Waals surface area contributed by atoms with E-state index in [4.69, 9.17) is 9.47 Å². The Kier molecular flexibility index (Phi) is 27.4. The van der Waals surface area contributed by atoms with E-state index in [9.17, 15) is 30.3 Å². The summed E-state index contributed by atoms with van der Waals surface area (Å²) in [6.45, 7) is 3.80. The van der Waals surface area contributed by atoms with E-state index < -0.39 is 49.5 Å². The number of amides is 1. The van der Waals surface area contributed by atoms with Crippen molar-refractivity contribution in [2.45, 2.75) is 217 Å². The molecule has 7 atom stereocenters. The number of unbranched alkanes of at least 4 members (excludes halogenated alkanes) is 21. The molecule has 274 valence electrons. The number of carbonyl (C=O) groups excluding carboxylic acids is 1. The zero-order chi connectivity index (χ0) is 33.8. The van der Waals surface area contributed by atoms with Gasteiger partial charge in [-0.25, -0.2) is 0 Å². The molecule has 1 saturated heterocycles. The Morgan fingerprint density at radius 2 is 1.09 bits per heavy atom. The van der Waals surface area contributed by atoms with Gasteiger partial charge in [-0.2, -0.15) is 0 Å². The summed E-state index contributed by atoms with van der Waals surface area (Å²) in [5.41, 5.74) is 0. The zero-order valence-electron chi connectivity index (χ0n) is 29.6. The molecule has 0 aromatic carbocycles. The van der Waals surface area contributed by atoms with E-state index in [0.29, 0.717) is 12.8 Å². The molecule has 1 rings (SSSR count). The molecule has 1 heterocycles. The number of hydrogen-bond donors (Lipinski definition) is 6. The molecule has 7 unspecified atom stereocenters. The molecule has 1 fully saturated rings. The van der Waals surface area contributed by atoms with Crippen molar-refractivity contribution in [2.24, 2.45) is 0 Å². The SMILES string of the molecule is CCCCCCCCCCCCCCCC(O)C(COC1OC(CO)C(O)C(O)C1O)NC(=O)CCCCCCCCCCCC. The lowest BCUT2D eigenvalue weighted by Gasteiger charge is -2.40. The third-order valence-electron chi connectivity index (χ3n) is 9.46. The molecule has 0 aromatic rings. The molecular weight excluding hydrogens is 586 g/mol. The van der Waals surface area contributed by atoms with Crippen LogP contribution in [0.5, 0.6) is 0 Å². The molecule has 1 aliphatic heterocycles. The number of carbonyl (C=O) groups is 1. The topological polar surface area (TPSA) is 149 Å². The van der Waals surface area contributed by atoms with Crippen LogP contribution in [0.3, 0.4) is 0 Å². The van der Waals surface area contributed by atoms with Crippen molar-refractivity contribution >= 4 is 5.91 Å². The van der Waals surface area contributed by atoms with Gasteiger partial charge >= 0.3 is 0 Å². The van der Waals surface area contributed by atoms with E-state index in [1.54, 1.807) is 0 Å². The molecule has 0 radical (unpaired) electrons. The highest BCUT2D eigenvalue weighted by atomic mass is 16.7. The molecule has 0 aromatic heterocycles. The van der Waals surface area contributed by atoms with Crippen LogP contribution in [0.4, 0.5) is 0 Å². The second-order valence-corrected chi connectivity index (χ2v) is 13.7. The molecule has 1 aliphatic rings. The average molecular weight is 660 g/mol. The number of aliphatic hydroxyl groups excluding tert-OH is 5. The first-order valence-electron chi connectivity index (χ1n) is 19.2. The molecule has 46 heavy (non-hydrogen) atoms. The zero-order valence-corrected chi connectivity index (χ0v) is 29.6. The van der Waals surface area contributed by atoms with Gasteiger partial charge in [0.15, 0.2) is 6.29 Å². The molecule has 9 heteroatoms. The first-order chi connectivity index (χ1) is 22.3. The highest BCUT2D eigenvalue weighted by Gasteiger charge is 2.44. The molecular formula is C37H73NO8. The van der Waals surface area contributed by atoms with Gasteiger partial charge in [0.1, 0.15) is 24.4 Å². The van der Waals surface area contributed by atoms with Crippen LogP contribution in [0.1, 0.15) is 174 Å². The van der Waals surface area contributed by atoms with Crippen LogP contribution in [0.2, 0.25) is 0 Å². The number of ether oxygens (including phenoxy) is 2. The summed E-state index contributed by atoms with van der Waals surface area (Å²) < 4.78 is 11.2. The number of hydrogen-bond acceptors (Lipinski definition) is 8. The van der Waals surface area contributed by atoms with Crippen molar-refractivity contribution in [3.63, 3.8) is 0 Å². The van der Waals surface area contributed by atoms with E-state index in [1.165, 1.54) is 109 Å². The third-order valence-corrected chi connectivity index (χ3v) is 9.46. The van der Waals surface area contributed by atoms with Crippen LogP contribution in [-0.4, -0.2) is 87.5 Å². The molecule has 9 nitrogen and oxygen atoms in total. The summed E-state index contributed by atoms with van der Waals surface area (Å²) >= 11 is 0. The van der Waals surface area contributed by atoms with Crippen molar-refractivity contribution in [2.75, 3.05) is 13.2 Å². The highest BCUT2D eigenvalue weighted by molar-refractivity contribution is 5.76. The van der Waals surface area contributed by atoms with E-state index in [1.807, 2.05) is 0 Å². The Labute approximate surface area is 281 Å². The molecule has 0 bridgehead atoms. The second kappa shape index (κ2) is 29.1. The Bertz CT molecular complexity index is 696. The van der Waals surface area contributed by atoms with Crippen LogP contribution in [0.15, 0.2) is 0 Å². The minimum atomic E-state index is -1.55. The lowest BCUT2D eigenvalue weighted by Crippen LogP contribution is -2.60. The van der Waals surface area contributed by atoms with Gasteiger partial charge in [-0.15, -0.1) is 0 Å². The standard InChI is InChI=1S/C37H73NO8/c1-3-5-7-9-11-13-15-16-17-18-20-22-24-26-31(40)30(29-45-37-36(44)35(43)34(42)32(28-39)46-37)38-33(41)27-25-23-21-19-14-12-10-8-6-4-2/h30-32,34-37,39-40,42-44H,3-29H2,1-2H3,(H,38,41). The van der Waals surface area contributed by atoms with E-state index in [2.05, 4.69) is 19.2 Å². The van der Waals surface area contributed by atoms with Gasteiger partial charge < -0.3 is 40.3 Å². The van der Waals surface area contributed by atoms with Gasteiger partial charge in [0.05, 0.1) is 25.4 Å². The van der Waals surface area contributed by atoms with E-state index in [-0.39, 0.29) is 12.5 Å². The summed E-state index contributed by atoms with van der Waals surface area (Å²) in [6.07, 6.45) is 21.1. The Morgan fingerprint density at radius 1 is 0.652 bits per heavy atom. The van der Waals surface area contributed by atoms with Gasteiger partial charge in [-0.3, -0.25) is 4.79 Å². The van der Waals surface area contributed by atoms with Gasteiger partial charge in [0, 0.05) is 6.42 Å². The van der Waals surface area contributed by atoms with Gasteiger partial charge in [0.25, 0.3) is 0 Å². The predicted octanol–water partition coefficient (Wildman–Crippen LogP) is 6.44. The number of rotatable bonds is 31.